The molecule has 102 valence electrons. The van der Waals surface area contributed by atoms with Crippen molar-refractivity contribution < 1.29 is 15.0 Å². The number of phenols is 1. The van der Waals surface area contributed by atoms with E-state index in [0.717, 1.165) is 5.69 Å². The van der Waals surface area contributed by atoms with Gasteiger partial charge in [0.15, 0.2) is 5.11 Å². The molecule has 0 bridgehead atoms. The third-order valence-corrected chi connectivity index (χ3v) is 2.89. The molecular weight excluding hydrogens is 276 g/mol. The van der Waals surface area contributed by atoms with Gasteiger partial charge in [-0.25, -0.2) is 4.79 Å². The lowest BCUT2D eigenvalue weighted by Crippen LogP contribution is -2.31. The van der Waals surface area contributed by atoms with E-state index in [2.05, 4.69) is 0 Å². The van der Waals surface area contributed by atoms with Crippen molar-refractivity contribution in [3.05, 3.63) is 54.1 Å². The zero-order chi connectivity index (χ0) is 14.7. The van der Waals surface area contributed by atoms with Crippen molar-refractivity contribution in [1.29, 1.82) is 0 Å². The molecule has 2 aromatic rings. The highest BCUT2D eigenvalue weighted by Gasteiger charge is 2.16. The molecule has 2 aromatic carbocycles. The van der Waals surface area contributed by atoms with Gasteiger partial charge in [-0.3, -0.25) is 4.90 Å². The molecule has 0 atom stereocenters. The van der Waals surface area contributed by atoms with Crippen LogP contribution < -0.4 is 10.6 Å². The summed E-state index contributed by atoms with van der Waals surface area (Å²) in [6, 6.07) is 13.3. The quantitative estimate of drug-likeness (QED) is 0.752. The highest BCUT2D eigenvalue weighted by Crippen LogP contribution is 2.29. The second-order valence-corrected chi connectivity index (χ2v) is 4.43. The third-order valence-electron chi connectivity index (χ3n) is 2.70. The van der Waals surface area contributed by atoms with Gasteiger partial charge in [0.1, 0.15) is 11.3 Å². The zero-order valence-electron chi connectivity index (χ0n) is 10.4. The topological polar surface area (TPSA) is 86.8 Å². The first-order valence-corrected chi connectivity index (χ1v) is 6.12. The first-order valence-electron chi connectivity index (χ1n) is 5.71. The van der Waals surface area contributed by atoms with E-state index in [1.807, 2.05) is 18.2 Å². The minimum atomic E-state index is -1.20. The van der Waals surface area contributed by atoms with Gasteiger partial charge in [0.05, 0.1) is 5.69 Å². The molecule has 0 aliphatic carbocycles. The molecule has 5 nitrogen and oxygen atoms in total. The molecule has 20 heavy (non-hydrogen) atoms. The molecule has 0 spiro atoms. The van der Waals surface area contributed by atoms with E-state index in [0.29, 0.717) is 5.69 Å². The number of aromatic hydroxyl groups is 1. The molecule has 0 radical (unpaired) electrons. The molecule has 0 amide bonds. The van der Waals surface area contributed by atoms with Crippen LogP contribution in [0, 0.1) is 0 Å². The van der Waals surface area contributed by atoms with E-state index in [9.17, 15) is 9.90 Å². The van der Waals surface area contributed by atoms with Gasteiger partial charge in [-0.1, -0.05) is 18.2 Å². The number of carboxylic acids is 1. The Morgan fingerprint density at radius 1 is 1.10 bits per heavy atom. The third kappa shape index (κ3) is 2.70. The first-order chi connectivity index (χ1) is 9.50. The lowest BCUT2D eigenvalue weighted by molar-refractivity contribution is 0.0694. The zero-order valence-corrected chi connectivity index (χ0v) is 11.2. The Bertz CT molecular complexity index is 659. The molecular formula is C14H12N2O3S. The van der Waals surface area contributed by atoms with Gasteiger partial charge in [0.2, 0.25) is 0 Å². The maximum absolute atomic E-state index is 10.9. The van der Waals surface area contributed by atoms with Crippen LogP contribution in [0.2, 0.25) is 0 Å². The Morgan fingerprint density at radius 2 is 1.75 bits per heavy atom. The summed E-state index contributed by atoms with van der Waals surface area (Å²) >= 11 is 5.01. The number of thiocarbonyl (C=S) groups is 1. The number of rotatable bonds is 3. The summed E-state index contributed by atoms with van der Waals surface area (Å²) in [5.74, 6) is -1.54. The van der Waals surface area contributed by atoms with Crippen molar-refractivity contribution in [2.45, 2.75) is 0 Å². The van der Waals surface area contributed by atoms with Crippen LogP contribution in [-0.4, -0.2) is 21.3 Å². The first kappa shape index (κ1) is 13.8. The minimum Gasteiger partial charge on any atom is -0.507 e. The molecule has 0 aliphatic heterocycles. The van der Waals surface area contributed by atoms with Crippen molar-refractivity contribution in [3.8, 4) is 5.75 Å². The van der Waals surface area contributed by atoms with Gasteiger partial charge in [-0.2, -0.15) is 0 Å². The largest absolute Gasteiger partial charge is 0.507 e. The molecule has 0 saturated heterocycles. The van der Waals surface area contributed by atoms with Gasteiger partial charge in [0.25, 0.3) is 0 Å². The summed E-state index contributed by atoms with van der Waals surface area (Å²) in [5.41, 5.74) is 6.75. The molecule has 0 heterocycles. The number of nitrogens with two attached hydrogens (primary N) is 1. The lowest BCUT2D eigenvalue weighted by atomic mass is 10.1. The smallest absolute Gasteiger partial charge is 0.339 e. The Balaban J connectivity index is 2.49. The summed E-state index contributed by atoms with van der Waals surface area (Å²) in [6.45, 7) is 0. The average molecular weight is 288 g/mol. The molecule has 4 N–H and O–H groups in total. The Morgan fingerprint density at radius 3 is 2.25 bits per heavy atom. The number of carboxylic acid groups (broad SMARTS) is 1. The molecule has 0 aromatic heterocycles. The maximum atomic E-state index is 10.9. The van der Waals surface area contributed by atoms with E-state index in [1.54, 1.807) is 17.0 Å². The lowest BCUT2D eigenvalue weighted by Gasteiger charge is -2.23. The number of anilines is 2. The van der Waals surface area contributed by atoms with Crippen molar-refractivity contribution in [3.63, 3.8) is 0 Å². The monoisotopic (exact) mass is 288 g/mol. The summed E-state index contributed by atoms with van der Waals surface area (Å²) in [7, 11) is 0. The van der Waals surface area contributed by atoms with E-state index >= 15 is 0 Å². The molecule has 0 unspecified atom stereocenters. The van der Waals surface area contributed by atoms with Crippen molar-refractivity contribution >= 4 is 34.7 Å². The number of para-hydroxylation sites is 1. The van der Waals surface area contributed by atoms with Gasteiger partial charge < -0.3 is 15.9 Å². The van der Waals surface area contributed by atoms with Crippen molar-refractivity contribution in [1.82, 2.24) is 0 Å². The molecule has 0 saturated carbocycles. The van der Waals surface area contributed by atoms with E-state index in [4.69, 9.17) is 23.1 Å². The number of carbonyl (C=O) groups is 1. The molecule has 6 heteroatoms. The minimum absolute atomic E-state index is 0.0960. The maximum Gasteiger partial charge on any atom is 0.339 e. The second kappa shape index (κ2) is 5.58. The predicted molar refractivity (Wildman–Crippen MR) is 80.4 cm³/mol. The van der Waals surface area contributed by atoms with Gasteiger partial charge in [0, 0.05) is 11.8 Å². The van der Waals surface area contributed by atoms with Crippen LogP contribution in [0.25, 0.3) is 0 Å². The summed E-state index contributed by atoms with van der Waals surface area (Å²) in [4.78, 5) is 12.4. The Hall–Kier alpha value is -2.60. The Labute approximate surface area is 120 Å². The van der Waals surface area contributed by atoms with Gasteiger partial charge in [-0.05, 0) is 36.5 Å². The summed E-state index contributed by atoms with van der Waals surface area (Å²) in [5, 5.41) is 18.7. The number of aromatic carboxylic acids is 1. The van der Waals surface area contributed by atoms with E-state index in [1.165, 1.54) is 18.2 Å². The standard InChI is InChI=1S/C14H12N2O3S/c15-14(20)16(9-4-2-1-3-5-9)10-6-7-11(13(18)19)12(17)8-10/h1-8,17H,(H2,15,20)(H,18,19). The van der Waals surface area contributed by atoms with Crippen LogP contribution in [0.1, 0.15) is 10.4 Å². The van der Waals surface area contributed by atoms with Crippen LogP contribution in [0.4, 0.5) is 11.4 Å². The SMILES string of the molecule is NC(=S)N(c1ccccc1)c1ccc(C(=O)O)c(O)c1. The van der Waals surface area contributed by atoms with E-state index < -0.39 is 5.97 Å². The molecule has 0 fully saturated rings. The van der Waals surface area contributed by atoms with Gasteiger partial charge in [-0.15, -0.1) is 0 Å². The normalized spacial score (nSPS) is 10.0. The fourth-order valence-corrected chi connectivity index (χ4v) is 2.03. The van der Waals surface area contributed by atoms with Crippen molar-refractivity contribution in [2.24, 2.45) is 5.73 Å². The summed E-state index contributed by atoms with van der Waals surface area (Å²) in [6.07, 6.45) is 0. The Kier molecular flexibility index (Phi) is 3.86. The summed E-state index contributed by atoms with van der Waals surface area (Å²) < 4.78 is 0. The highest BCUT2D eigenvalue weighted by molar-refractivity contribution is 7.80. The predicted octanol–water partition coefficient (Wildman–Crippen LogP) is 2.47. The average Bonchev–Trinajstić information content (AvgIpc) is 2.39. The second-order valence-electron chi connectivity index (χ2n) is 4.02. The van der Waals surface area contributed by atoms with Crippen LogP contribution in [0.15, 0.2) is 48.5 Å². The number of hydrogen-bond donors (Lipinski definition) is 3. The van der Waals surface area contributed by atoms with Crippen LogP contribution in [-0.2, 0) is 0 Å². The molecule has 2 rings (SSSR count). The van der Waals surface area contributed by atoms with E-state index in [-0.39, 0.29) is 16.4 Å². The number of nitrogens with zero attached hydrogens (tertiary/aromatic N) is 1. The fourth-order valence-electron chi connectivity index (χ4n) is 1.82. The highest BCUT2D eigenvalue weighted by atomic mass is 32.1. The van der Waals surface area contributed by atoms with Crippen LogP contribution in [0.3, 0.4) is 0 Å². The van der Waals surface area contributed by atoms with Gasteiger partial charge >= 0.3 is 5.97 Å². The van der Waals surface area contributed by atoms with Crippen LogP contribution >= 0.6 is 12.2 Å². The number of benzene rings is 2. The van der Waals surface area contributed by atoms with Crippen molar-refractivity contribution in [2.75, 3.05) is 4.90 Å². The molecule has 0 aliphatic rings. The van der Waals surface area contributed by atoms with Crippen LogP contribution in [0.5, 0.6) is 5.75 Å². The number of hydrogen-bond acceptors (Lipinski definition) is 3. The fraction of sp³-hybridized carbons (Fsp3) is 0.